The second-order valence-electron chi connectivity index (χ2n) is 4.44. The summed E-state index contributed by atoms with van der Waals surface area (Å²) in [6.45, 7) is 0.268. The molecular formula is C15H12BrFN4. The lowest BCUT2D eigenvalue weighted by molar-refractivity contribution is 0.621. The Kier molecular flexibility index (Phi) is 3.81. The first-order chi connectivity index (χ1) is 10.2. The molecule has 0 radical (unpaired) electrons. The number of benzene rings is 2. The van der Waals surface area contributed by atoms with E-state index in [1.807, 2.05) is 34.9 Å². The van der Waals surface area contributed by atoms with Gasteiger partial charge in [0.2, 0.25) is 0 Å². The highest BCUT2D eigenvalue weighted by atomic mass is 79.9. The summed E-state index contributed by atoms with van der Waals surface area (Å²) in [6, 6.07) is 14.4. The molecule has 2 N–H and O–H groups in total. The fourth-order valence-electron chi connectivity index (χ4n) is 2.12. The monoisotopic (exact) mass is 346 g/mol. The summed E-state index contributed by atoms with van der Waals surface area (Å²) in [5.41, 5.74) is 7.42. The quantitative estimate of drug-likeness (QED) is 0.791. The zero-order chi connectivity index (χ0) is 14.8. The second-order valence-corrected chi connectivity index (χ2v) is 5.30. The van der Waals surface area contributed by atoms with Crippen molar-refractivity contribution in [3.05, 3.63) is 64.6 Å². The number of para-hydroxylation sites is 1. The Bertz CT molecular complexity index is 771. The zero-order valence-electron chi connectivity index (χ0n) is 11.0. The van der Waals surface area contributed by atoms with E-state index in [1.165, 1.54) is 6.07 Å². The summed E-state index contributed by atoms with van der Waals surface area (Å²) >= 11 is 3.19. The summed E-state index contributed by atoms with van der Waals surface area (Å²) in [5, 5.41) is 8.31. The lowest BCUT2D eigenvalue weighted by atomic mass is 10.2. The van der Waals surface area contributed by atoms with Crippen molar-refractivity contribution in [1.82, 2.24) is 14.8 Å². The highest BCUT2D eigenvalue weighted by molar-refractivity contribution is 9.10. The van der Waals surface area contributed by atoms with E-state index in [2.05, 4.69) is 26.1 Å². The van der Waals surface area contributed by atoms with Crippen molar-refractivity contribution in [1.29, 1.82) is 0 Å². The van der Waals surface area contributed by atoms with Crippen LogP contribution < -0.4 is 5.73 Å². The van der Waals surface area contributed by atoms with Crippen LogP contribution in [-0.4, -0.2) is 14.8 Å². The molecule has 0 aliphatic carbocycles. The molecule has 0 unspecified atom stereocenters. The van der Waals surface area contributed by atoms with Crippen molar-refractivity contribution in [3.63, 3.8) is 0 Å². The number of hydrogen-bond donors (Lipinski definition) is 1. The average Bonchev–Trinajstić information content (AvgIpc) is 2.95. The third kappa shape index (κ3) is 2.59. The maximum absolute atomic E-state index is 13.4. The van der Waals surface area contributed by atoms with Crippen LogP contribution in [0.25, 0.3) is 17.1 Å². The van der Waals surface area contributed by atoms with Crippen molar-refractivity contribution in [3.8, 4) is 17.1 Å². The summed E-state index contributed by atoms with van der Waals surface area (Å²) < 4.78 is 15.7. The first-order valence-corrected chi connectivity index (χ1v) is 7.15. The van der Waals surface area contributed by atoms with Gasteiger partial charge in [-0.15, -0.1) is 10.2 Å². The smallest absolute Gasteiger partial charge is 0.168 e. The third-order valence-electron chi connectivity index (χ3n) is 3.10. The van der Waals surface area contributed by atoms with Gasteiger partial charge in [-0.2, -0.15) is 0 Å². The molecule has 1 aromatic heterocycles. The topological polar surface area (TPSA) is 56.7 Å². The van der Waals surface area contributed by atoms with E-state index in [0.717, 1.165) is 11.3 Å². The second kappa shape index (κ2) is 5.75. The Balaban J connectivity index is 2.20. The van der Waals surface area contributed by atoms with Crippen molar-refractivity contribution in [2.24, 2.45) is 5.73 Å². The molecular weight excluding hydrogens is 335 g/mol. The summed E-state index contributed by atoms with van der Waals surface area (Å²) in [4.78, 5) is 0. The molecule has 0 aliphatic heterocycles. The van der Waals surface area contributed by atoms with E-state index in [4.69, 9.17) is 5.73 Å². The van der Waals surface area contributed by atoms with Gasteiger partial charge in [0.1, 0.15) is 5.82 Å². The Morgan fingerprint density at radius 3 is 2.52 bits per heavy atom. The van der Waals surface area contributed by atoms with Crippen LogP contribution in [0.15, 0.2) is 53.0 Å². The molecule has 106 valence electrons. The van der Waals surface area contributed by atoms with Crippen LogP contribution in [0.3, 0.4) is 0 Å². The van der Waals surface area contributed by atoms with Crippen molar-refractivity contribution in [2.75, 3.05) is 0 Å². The Morgan fingerprint density at radius 2 is 1.86 bits per heavy atom. The molecule has 4 nitrogen and oxygen atoms in total. The molecule has 1 heterocycles. The highest BCUT2D eigenvalue weighted by Crippen LogP contribution is 2.26. The van der Waals surface area contributed by atoms with E-state index < -0.39 is 0 Å². The SMILES string of the molecule is NCc1nnc(-c2ccc(F)c(Br)c2)n1-c1ccccc1. The van der Waals surface area contributed by atoms with Crippen LogP contribution in [-0.2, 0) is 6.54 Å². The van der Waals surface area contributed by atoms with Crippen LogP contribution in [0.1, 0.15) is 5.82 Å². The third-order valence-corrected chi connectivity index (χ3v) is 3.71. The molecule has 0 amide bonds. The van der Waals surface area contributed by atoms with Gasteiger partial charge in [-0.05, 0) is 46.3 Å². The van der Waals surface area contributed by atoms with Gasteiger partial charge in [0.05, 0.1) is 11.0 Å². The number of nitrogens with zero attached hydrogens (tertiary/aromatic N) is 3. The van der Waals surface area contributed by atoms with Crippen molar-refractivity contribution < 1.29 is 4.39 Å². The minimum Gasteiger partial charge on any atom is -0.324 e. The summed E-state index contributed by atoms with van der Waals surface area (Å²) in [6.07, 6.45) is 0. The van der Waals surface area contributed by atoms with Gasteiger partial charge in [-0.25, -0.2) is 4.39 Å². The van der Waals surface area contributed by atoms with E-state index in [0.29, 0.717) is 16.1 Å². The van der Waals surface area contributed by atoms with E-state index >= 15 is 0 Å². The van der Waals surface area contributed by atoms with Crippen LogP contribution >= 0.6 is 15.9 Å². The van der Waals surface area contributed by atoms with Crippen LogP contribution in [0.4, 0.5) is 4.39 Å². The van der Waals surface area contributed by atoms with Crippen LogP contribution in [0, 0.1) is 5.82 Å². The number of halogens is 2. The van der Waals surface area contributed by atoms with Gasteiger partial charge in [-0.3, -0.25) is 4.57 Å². The molecule has 6 heteroatoms. The van der Waals surface area contributed by atoms with Gasteiger partial charge in [0, 0.05) is 11.3 Å². The predicted molar refractivity (Wildman–Crippen MR) is 82.3 cm³/mol. The Morgan fingerprint density at radius 1 is 1.10 bits per heavy atom. The zero-order valence-corrected chi connectivity index (χ0v) is 12.6. The molecule has 2 aromatic carbocycles. The lowest BCUT2D eigenvalue weighted by Crippen LogP contribution is -2.07. The van der Waals surface area contributed by atoms with Crippen LogP contribution in [0.2, 0.25) is 0 Å². The number of nitrogens with two attached hydrogens (primary N) is 1. The maximum Gasteiger partial charge on any atom is 0.168 e. The van der Waals surface area contributed by atoms with Gasteiger partial charge in [-0.1, -0.05) is 18.2 Å². The molecule has 0 aliphatic rings. The number of hydrogen-bond acceptors (Lipinski definition) is 3. The minimum atomic E-state index is -0.316. The largest absolute Gasteiger partial charge is 0.324 e. The predicted octanol–water partition coefficient (Wildman–Crippen LogP) is 3.29. The molecule has 0 saturated heterocycles. The highest BCUT2D eigenvalue weighted by Gasteiger charge is 2.15. The molecule has 0 bridgehead atoms. The lowest BCUT2D eigenvalue weighted by Gasteiger charge is -2.10. The van der Waals surface area contributed by atoms with Gasteiger partial charge < -0.3 is 5.73 Å². The fraction of sp³-hybridized carbons (Fsp3) is 0.0667. The standard InChI is InChI=1S/C15H12BrFN4/c16-12-8-10(6-7-13(12)17)15-20-19-14(9-18)21(15)11-4-2-1-3-5-11/h1-8H,9,18H2. The molecule has 0 fully saturated rings. The molecule has 0 spiro atoms. The van der Waals surface area contributed by atoms with Gasteiger partial charge in [0.15, 0.2) is 11.6 Å². The number of rotatable bonds is 3. The Hall–Kier alpha value is -2.05. The van der Waals surface area contributed by atoms with Crippen LogP contribution in [0.5, 0.6) is 0 Å². The minimum absolute atomic E-state index is 0.268. The number of aromatic nitrogens is 3. The summed E-state index contributed by atoms with van der Waals surface area (Å²) in [5.74, 6) is 0.961. The van der Waals surface area contributed by atoms with Gasteiger partial charge >= 0.3 is 0 Å². The first-order valence-electron chi connectivity index (χ1n) is 6.36. The normalized spacial score (nSPS) is 10.8. The van der Waals surface area contributed by atoms with Gasteiger partial charge in [0.25, 0.3) is 0 Å². The van der Waals surface area contributed by atoms with E-state index in [-0.39, 0.29) is 12.4 Å². The summed E-state index contributed by atoms with van der Waals surface area (Å²) in [7, 11) is 0. The first kappa shape index (κ1) is 13.9. The Labute approximate surface area is 129 Å². The van der Waals surface area contributed by atoms with E-state index in [9.17, 15) is 4.39 Å². The van der Waals surface area contributed by atoms with E-state index in [1.54, 1.807) is 12.1 Å². The molecule has 0 saturated carbocycles. The molecule has 3 rings (SSSR count). The van der Waals surface area contributed by atoms with Crippen molar-refractivity contribution >= 4 is 15.9 Å². The van der Waals surface area contributed by atoms with Crippen molar-refractivity contribution in [2.45, 2.75) is 6.54 Å². The molecule has 21 heavy (non-hydrogen) atoms. The molecule has 3 aromatic rings. The average molecular weight is 347 g/mol. The molecule has 0 atom stereocenters. The maximum atomic E-state index is 13.4. The fourth-order valence-corrected chi connectivity index (χ4v) is 2.50.